The number of carbonyl (C=O) groups excluding carboxylic acids is 1. The summed E-state index contributed by atoms with van der Waals surface area (Å²) in [6, 6.07) is 0. The fourth-order valence-corrected chi connectivity index (χ4v) is 2.95. The van der Waals surface area contributed by atoms with Crippen molar-refractivity contribution in [3.8, 4) is 0 Å². The summed E-state index contributed by atoms with van der Waals surface area (Å²) in [5.41, 5.74) is 0. The Labute approximate surface area is 117 Å². The lowest BCUT2D eigenvalue weighted by Crippen LogP contribution is -2.52. The van der Waals surface area contributed by atoms with E-state index in [1.54, 1.807) is 0 Å². The molecule has 2 aliphatic heterocycles. The van der Waals surface area contributed by atoms with Gasteiger partial charge in [-0.3, -0.25) is 9.69 Å². The lowest BCUT2D eigenvalue weighted by Gasteiger charge is -2.37. The lowest BCUT2D eigenvalue weighted by atomic mass is 9.98. The fourth-order valence-electron chi connectivity index (χ4n) is 2.95. The van der Waals surface area contributed by atoms with Gasteiger partial charge >= 0.3 is 0 Å². The summed E-state index contributed by atoms with van der Waals surface area (Å²) in [7, 11) is 0. The first-order chi connectivity index (χ1) is 9.16. The van der Waals surface area contributed by atoms with Crippen LogP contribution in [-0.4, -0.2) is 61.5 Å². The van der Waals surface area contributed by atoms with Crippen molar-refractivity contribution in [3.05, 3.63) is 0 Å². The van der Waals surface area contributed by atoms with E-state index in [9.17, 15) is 4.79 Å². The monoisotopic (exact) mass is 267 g/mol. The van der Waals surface area contributed by atoms with Gasteiger partial charge < -0.3 is 10.2 Å². The number of carbonyl (C=O) groups is 1. The van der Waals surface area contributed by atoms with Gasteiger partial charge in [0.2, 0.25) is 5.91 Å². The zero-order valence-electron chi connectivity index (χ0n) is 12.5. The van der Waals surface area contributed by atoms with E-state index in [1.807, 2.05) is 0 Å². The van der Waals surface area contributed by atoms with Crippen molar-refractivity contribution in [2.24, 2.45) is 11.8 Å². The minimum Gasteiger partial charge on any atom is -0.340 e. The fraction of sp³-hybridized carbons (Fsp3) is 0.933. The maximum absolute atomic E-state index is 12.4. The standard InChI is InChI=1S/C15H29N3O/c1-13(2)5-7-17-8-10-18(11-9-17)15(19)14-4-3-6-16-12-14/h13-14,16H,3-12H2,1-2H3/t14-/m1/s1. The molecule has 0 unspecified atom stereocenters. The Balaban J connectivity index is 1.71. The Morgan fingerprint density at radius 1 is 1.26 bits per heavy atom. The van der Waals surface area contributed by atoms with Crippen molar-refractivity contribution >= 4 is 5.91 Å². The molecule has 110 valence electrons. The van der Waals surface area contributed by atoms with E-state index in [1.165, 1.54) is 13.0 Å². The van der Waals surface area contributed by atoms with Gasteiger partial charge in [-0.1, -0.05) is 13.8 Å². The smallest absolute Gasteiger partial charge is 0.227 e. The highest BCUT2D eigenvalue weighted by Gasteiger charge is 2.28. The van der Waals surface area contributed by atoms with Crippen LogP contribution in [0.2, 0.25) is 0 Å². The molecule has 0 aromatic rings. The number of hydrogen-bond acceptors (Lipinski definition) is 3. The first kappa shape index (κ1) is 14.8. The van der Waals surface area contributed by atoms with Crippen molar-refractivity contribution in [2.45, 2.75) is 33.1 Å². The molecule has 0 aromatic heterocycles. The van der Waals surface area contributed by atoms with Gasteiger partial charge in [0.05, 0.1) is 5.92 Å². The van der Waals surface area contributed by atoms with Crippen molar-refractivity contribution in [1.82, 2.24) is 15.1 Å². The number of nitrogens with one attached hydrogen (secondary N) is 1. The van der Waals surface area contributed by atoms with Crippen LogP contribution in [-0.2, 0) is 4.79 Å². The molecule has 2 rings (SSSR count). The average Bonchev–Trinajstić information content (AvgIpc) is 2.46. The minimum atomic E-state index is 0.232. The van der Waals surface area contributed by atoms with Gasteiger partial charge in [0.25, 0.3) is 0 Å². The number of nitrogens with zero attached hydrogens (tertiary/aromatic N) is 2. The minimum absolute atomic E-state index is 0.232. The van der Waals surface area contributed by atoms with Crippen LogP contribution >= 0.6 is 0 Å². The summed E-state index contributed by atoms with van der Waals surface area (Å²) in [5, 5.41) is 3.34. The maximum Gasteiger partial charge on any atom is 0.227 e. The molecule has 4 nitrogen and oxygen atoms in total. The van der Waals surface area contributed by atoms with Gasteiger partial charge in [0.1, 0.15) is 0 Å². The molecule has 0 bridgehead atoms. The molecule has 1 atom stereocenters. The zero-order chi connectivity index (χ0) is 13.7. The Bertz CT molecular complexity index is 279. The Morgan fingerprint density at radius 3 is 2.58 bits per heavy atom. The summed E-state index contributed by atoms with van der Waals surface area (Å²) in [6.45, 7) is 11.6. The Hall–Kier alpha value is -0.610. The molecule has 2 saturated heterocycles. The molecule has 4 heteroatoms. The van der Waals surface area contributed by atoms with Gasteiger partial charge in [0, 0.05) is 32.7 Å². The molecule has 1 amide bonds. The molecule has 0 saturated carbocycles. The second kappa shape index (κ2) is 7.25. The van der Waals surface area contributed by atoms with Gasteiger partial charge in [-0.2, -0.15) is 0 Å². The van der Waals surface area contributed by atoms with Gasteiger partial charge in [0.15, 0.2) is 0 Å². The normalized spacial score (nSPS) is 25.8. The number of hydrogen-bond donors (Lipinski definition) is 1. The SMILES string of the molecule is CC(C)CCN1CCN(C(=O)[C@@H]2CCCNC2)CC1. The summed E-state index contributed by atoms with van der Waals surface area (Å²) >= 11 is 0. The van der Waals surface area contributed by atoms with Crippen LogP contribution in [0.5, 0.6) is 0 Å². The lowest BCUT2D eigenvalue weighted by molar-refractivity contribution is -0.137. The van der Waals surface area contributed by atoms with Crippen molar-refractivity contribution in [1.29, 1.82) is 0 Å². The van der Waals surface area contributed by atoms with E-state index < -0.39 is 0 Å². The largest absolute Gasteiger partial charge is 0.340 e. The zero-order valence-corrected chi connectivity index (χ0v) is 12.5. The van der Waals surface area contributed by atoms with Gasteiger partial charge in [-0.05, 0) is 38.3 Å². The van der Waals surface area contributed by atoms with Crippen molar-refractivity contribution in [3.63, 3.8) is 0 Å². The third-order valence-corrected chi connectivity index (χ3v) is 4.35. The summed E-state index contributed by atoms with van der Waals surface area (Å²) in [4.78, 5) is 17.0. The molecule has 19 heavy (non-hydrogen) atoms. The predicted octanol–water partition coefficient (Wildman–Crippen LogP) is 1.18. The third-order valence-electron chi connectivity index (χ3n) is 4.35. The summed E-state index contributed by atoms with van der Waals surface area (Å²) in [5.74, 6) is 1.39. The second-order valence-corrected chi connectivity index (χ2v) is 6.39. The van der Waals surface area contributed by atoms with E-state index in [2.05, 4.69) is 29.0 Å². The van der Waals surface area contributed by atoms with Gasteiger partial charge in [-0.25, -0.2) is 0 Å². The van der Waals surface area contributed by atoms with Crippen molar-refractivity contribution < 1.29 is 4.79 Å². The molecule has 1 N–H and O–H groups in total. The predicted molar refractivity (Wildman–Crippen MR) is 78.1 cm³/mol. The number of piperidine rings is 1. The molecule has 2 heterocycles. The topological polar surface area (TPSA) is 35.6 Å². The average molecular weight is 267 g/mol. The molecule has 0 aromatic carbocycles. The van der Waals surface area contributed by atoms with E-state index in [-0.39, 0.29) is 5.92 Å². The van der Waals surface area contributed by atoms with Crippen LogP contribution in [0.15, 0.2) is 0 Å². The molecular formula is C15H29N3O. The first-order valence-corrected chi connectivity index (χ1v) is 7.88. The number of rotatable bonds is 4. The van der Waals surface area contributed by atoms with Crippen LogP contribution in [0, 0.1) is 11.8 Å². The second-order valence-electron chi connectivity index (χ2n) is 6.39. The van der Waals surface area contributed by atoms with Gasteiger partial charge in [-0.15, -0.1) is 0 Å². The highest BCUT2D eigenvalue weighted by Crippen LogP contribution is 2.15. The summed E-state index contributed by atoms with van der Waals surface area (Å²) < 4.78 is 0. The van der Waals surface area contributed by atoms with Crippen LogP contribution in [0.3, 0.4) is 0 Å². The van der Waals surface area contributed by atoms with Crippen LogP contribution in [0.25, 0.3) is 0 Å². The van der Waals surface area contributed by atoms with E-state index in [0.29, 0.717) is 5.91 Å². The molecule has 2 aliphatic rings. The Morgan fingerprint density at radius 2 is 2.00 bits per heavy atom. The van der Waals surface area contributed by atoms with Crippen LogP contribution < -0.4 is 5.32 Å². The number of piperazine rings is 1. The molecule has 0 radical (unpaired) electrons. The quantitative estimate of drug-likeness (QED) is 0.831. The third kappa shape index (κ3) is 4.46. The summed E-state index contributed by atoms with van der Waals surface area (Å²) in [6.07, 6.45) is 3.48. The first-order valence-electron chi connectivity index (χ1n) is 7.88. The van der Waals surface area contributed by atoms with E-state index >= 15 is 0 Å². The molecule has 0 spiro atoms. The maximum atomic E-state index is 12.4. The molecular weight excluding hydrogens is 238 g/mol. The molecule has 0 aliphatic carbocycles. The van der Waals surface area contributed by atoms with Crippen molar-refractivity contribution in [2.75, 3.05) is 45.8 Å². The van der Waals surface area contributed by atoms with E-state index in [0.717, 1.165) is 58.0 Å². The highest BCUT2D eigenvalue weighted by molar-refractivity contribution is 5.79. The van der Waals surface area contributed by atoms with Crippen LogP contribution in [0.4, 0.5) is 0 Å². The Kier molecular flexibility index (Phi) is 5.64. The van der Waals surface area contributed by atoms with E-state index in [4.69, 9.17) is 0 Å². The molecule has 2 fully saturated rings. The van der Waals surface area contributed by atoms with Crippen LogP contribution in [0.1, 0.15) is 33.1 Å². The highest BCUT2D eigenvalue weighted by atomic mass is 16.2. The number of amides is 1.